The van der Waals surface area contributed by atoms with Gasteiger partial charge in [-0.2, -0.15) is 18.3 Å². The second-order valence-corrected chi connectivity index (χ2v) is 8.77. The molecule has 0 aliphatic carbocycles. The number of nitrogens with zero attached hydrogens (tertiary/aromatic N) is 4. The molecule has 1 fully saturated rings. The topological polar surface area (TPSA) is 43.1 Å². The smallest absolute Gasteiger partial charge is 0.335 e. The maximum atomic E-state index is 13.9. The Labute approximate surface area is 185 Å². The number of hydrogen-bond donors (Lipinski definition) is 0. The van der Waals surface area contributed by atoms with E-state index in [4.69, 9.17) is 0 Å². The van der Waals surface area contributed by atoms with Crippen molar-refractivity contribution in [1.29, 1.82) is 0 Å². The number of halogens is 3. The molecule has 1 aliphatic rings. The molecule has 0 radical (unpaired) electrons. The van der Waals surface area contributed by atoms with E-state index >= 15 is 0 Å². The van der Waals surface area contributed by atoms with Gasteiger partial charge in [-0.3, -0.25) is 14.4 Å². The predicted molar refractivity (Wildman–Crippen MR) is 119 cm³/mol. The van der Waals surface area contributed by atoms with E-state index in [2.05, 4.69) is 16.9 Å². The molecule has 3 aromatic rings. The highest BCUT2D eigenvalue weighted by molar-refractivity contribution is 5.80. The number of aryl methyl sites for hydroxylation is 2. The number of likely N-dealkylation sites (tertiary alicyclic amines) is 1. The Bertz CT molecular complexity index is 1180. The van der Waals surface area contributed by atoms with Crippen LogP contribution in [0.25, 0.3) is 10.9 Å². The van der Waals surface area contributed by atoms with Crippen LogP contribution in [0.1, 0.15) is 48.7 Å². The van der Waals surface area contributed by atoms with Crippen molar-refractivity contribution in [3.8, 4) is 0 Å². The molecule has 5 nitrogen and oxygen atoms in total. The normalized spacial score (nSPS) is 17.5. The van der Waals surface area contributed by atoms with Crippen LogP contribution in [0.5, 0.6) is 0 Å². The first-order valence-corrected chi connectivity index (χ1v) is 11.2. The Kier molecular flexibility index (Phi) is 6.16. The van der Waals surface area contributed by atoms with Crippen LogP contribution in [0, 0.1) is 13.8 Å². The molecule has 1 aromatic carbocycles. The van der Waals surface area contributed by atoms with Crippen molar-refractivity contribution in [1.82, 2.24) is 19.2 Å². The molecule has 1 saturated heterocycles. The molecule has 0 amide bonds. The first-order chi connectivity index (χ1) is 15.2. The molecular formula is C24H29F3N4O. The highest BCUT2D eigenvalue weighted by atomic mass is 19.4. The number of fused-ring (bicyclic) bond motifs is 1. The maximum Gasteiger partial charge on any atom is 0.431 e. The molecule has 4 rings (SSSR count). The zero-order valence-electron chi connectivity index (χ0n) is 18.7. The van der Waals surface area contributed by atoms with Crippen LogP contribution in [-0.2, 0) is 25.8 Å². The van der Waals surface area contributed by atoms with Crippen LogP contribution in [0.4, 0.5) is 13.2 Å². The fraction of sp³-hybridized carbons (Fsp3) is 0.500. The molecule has 1 aliphatic heterocycles. The van der Waals surface area contributed by atoms with Crippen molar-refractivity contribution < 1.29 is 13.2 Å². The van der Waals surface area contributed by atoms with Crippen LogP contribution in [0.3, 0.4) is 0 Å². The van der Waals surface area contributed by atoms with Crippen molar-refractivity contribution in [2.75, 3.05) is 6.54 Å². The van der Waals surface area contributed by atoms with Gasteiger partial charge >= 0.3 is 6.18 Å². The maximum absolute atomic E-state index is 13.9. The standard InChI is InChI=1S/C24H29F3N4O/c1-4-9-31-17(3)18(13-28-31)14-29-10-5-6-19(29)15-30-21-8-7-16(2)11-20(21)22(32)12-23(30)24(25,26)27/h7-8,11-13,19H,4-6,9-10,14-15H2,1-3H3/t19-/m0/s1. The average molecular weight is 447 g/mol. The second-order valence-electron chi connectivity index (χ2n) is 8.77. The van der Waals surface area contributed by atoms with Gasteiger partial charge in [-0.25, -0.2) is 0 Å². The molecule has 1 atom stereocenters. The summed E-state index contributed by atoms with van der Waals surface area (Å²) in [4.78, 5) is 14.7. The number of alkyl halides is 3. The van der Waals surface area contributed by atoms with Gasteiger partial charge in [-0.1, -0.05) is 18.6 Å². The Morgan fingerprint density at radius 2 is 1.97 bits per heavy atom. The van der Waals surface area contributed by atoms with E-state index in [0.717, 1.165) is 55.2 Å². The molecule has 0 bridgehead atoms. The van der Waals surface area contributed by atoms with E-state index in [-0.39, 0.29) is 12.6 Å². The number of benzene rings is 1. The van der Waals surface area contributed by atoms with Gasteiger partial charge in [0.05, 0.1) is 11.7 Å². The third-order valence-corrected chi connectivity index (χ3v) is 6.46. The van der Waals surface area contributed by atoms with Gasteiger partial charge in [-0.15, -0.1) is 0 Å². The fourth-order valence-corrected chi connectivity index (χ4v) is 4.74. The molecule has 0 spiro atoms. The van der Waals surface area contributed by atoms with E-state index < -0.39 is 17.3 Å². The summed E-state index contributed by atoms with van der Waals surface area (Å²) in [7, 11) is 0. The third kappa shape index (κ3) is 4.33. The van der Waals surface area contributed by atoms with E-state index in [1.54, 1.807) is 18.2 Å². The largest absolute Gasteiger partial charge is 0.431 e. The van der Waals surface area contributed by atoms with Crippen molar-refractivity contribution >= 4 is 10.9 Å². The summed E-state index contributed by atoms with van der Waals surface area (Å²) in [6.07, 6.45) is 0.0242. The molecule has 8 heteroatoms. The van der Waals surface area contributed by atoms with Crippen LogP contribution >= 0.6 is 0 Å². The quantitative estimate of drug-likeness (QED) is 0.541. The molecule has 0 unspecified atom stereocenters. The summed E-state index contributed by atoms with van der Waals surface area (Å²) in [5.41, 5.74) is 1.95. The Morgan fingerprint density at radius 3 is 2.69 bits per heavy atom. The van der Waals surface area contributed by atoms with Gasteiger partial charge in [0.25, 0.3) is 0 Å². The number of rotatable bonds is 6. The lowest BCUT2D eigenvalue weighted by Crippen LogP contribution is -2.35. The van der Waals surface area contributed by atoms with Crippen LogP contribution in [0.15, 0.2) is 35.3 Å². The highest BCUT2D eigenvalue weighted by Crippen LogP contribution is 2.32. The van der Waals surface area contributed by atoms with Gasteiger partial charge in [0.2, 0.25) is 0 Å². The van der Waals surface area contributed by atoms with Gasteiger partial charge < -0.3 is 4.57 Å². The Balaban J connectivity index is 1.69. The van der Waals surface area contributed by atoms with E-state index in [1.165, 1.54) is 4.57 Å². The van der Waals surface area contributed by atoms with Crippen molar-refractivity contribution in [3.63, 3.8) is 0 Å². The van der Waals surface area contributed by atoms with E-state index in [0.29, 0.717) is 17.4 Å². The van der Waals surface area contributed by atoms with Crippen molar-refractivity contribution in [2.45, 2.75) is 71.9 Å². The highest BCUT2D eigenvalue weighted by Gasteiger charge is 2.36. The minimum Gasteiger partial charge on any atom is -0.335 e. The number of pyridine rings is 1. The molecular weight excluding hydrogens is 417 g/mol. The van der Waals surface area contributed by atoms with Crippen molar-refractivity contribution in [3.05, 3.63) is 63.2 Å². The van der Waals surface area contributed by atoms with Crippen LogP contribution in [0.2, 0.25) is 0 Å². The first-order valence-electron chi connectivity index (χ1n) is 11.2. The Morgan fingerprint density at radius 1 is 1.19 bits per heavy atom. The fourth-order valence-electron chi connectivity index (χ4n) is 4.74. The summed E-state index contributed by atoms with van der Waals surface area (Å²) >= 11 is 0. The monoisotopic (exact) mass is 446 g/mol. The number of hydrogen-bond acceptors (Lipinski definition) is 3. The van der Waals surface area contributed by atoms with Gasteiger partial charge in [0.15, 0.2) is 5.43 Å². The molecule has 0 N–H and O–H groups in total. The lowest BCUT2D eigenvalue weighted by atomic mass is 10.1. The third-order valence-electron chi connectivity index (χ3n) is 6.46. The van der Waals surface area contributed by atoms with E-state index in [1.807, 2.05) is 24.7 Å². The minimum absolute atomic E-state index is 0.0444. The lowest BCUT2D eigenvalue weighted by Gasteiger charge is -2.28. The predicted octanol–water partition coefficient (Wildman–Crippen LogP) is 4.91. The summed E-state index contributed by atoms with van der Waals surface area (Å²) in [5, 5.41) is 4.80. The zero-order valence-corrected chi connectivity index (χ0v) is 18.7. The summed E-state index contributed by atoms with van der Waals surface area (Å²) in [5.74, 6) is 0. The molecule has 3 heterocycles. The zero-order chi connectivity index (χ0) is 23.0. The van der Waals surface area contributed by atoms with Gasteiger partial charge in [0.1, 0.15) is 5.69 Å². The minimum atomic E-state index is -4.60. The van der Waals surface area contributed by atoms with Gasteiger partial charge in [-0.05, 0) is 51.8 Å². The summed E-state index contributed by atoms with van der Waals surface area (Å²) < 4.78 is 45.0. The van der Waals surface area contributed by atoms with Crippen LogP contribution < -0.4 is 5.43 Å². The molecule has 172 valence electrons. The summed E-state index contributed by atoms with van der Waals surface area (Å²) in [6.45, 7) is 8.53. The molecule has 32 heavy (non-hydrogen) atoms. The molecule has 0 saturated carbocycles. The second kappa shape index (κ2) is 8.73. The number of aromatic nitrogens is 3. The average Bonchev–Trinajstić information content (AvgIpc) is 3.31. The Hall–Kier alpha value is -2.61. The molecule has 2 aromatic heterocycles. The SMILES string of the molecule is CCCn1ncc(CN2CCC[C@H]2Cn2c(C(F)(F)F)cc(=O)c3cc(C)ccc32)c1C. The first kappa shape index (κ1) is 22.6. The van der Waals surface area contributed by atoms with Crippen LogP contribution in [-0.4, -0.2) is 31.8 Å². The van der Waals surface area contributed by atoms with Crippen molar-refractivity contribution in [2.24, 2.45) is 0 Å². The van der Waals surface area contributed by atoms with Gasteiger partial charge in [0, 0.05) is 48.4 Å². The lowest BCUT2D eigenvalue weighted by molar-refractivity contribution is -0.144. The summed E-state index contributed by atoms with van der Waals surface area (Å²) in [6, 6.07) is 5.78. The van der Waals surface area contributed by atoms with E-state index in [9.17, 15) is 18.0 Å².